The summed E-state index contributed by atoms with van der Waals surface area (Å²) >= 11 is 0. The Hall–Kier alpha value is -3.22. The zero-order valence-electron chi connectivity index (χ0n) is 17.7. The molecule has 0 aliphatic rings. The topological polar surface area (TPSA) is 75.2 Å². The molecule has 0 aliphatic carbocycles. The van der Waals surface area contributed by atoms with E-state index in [2.05, 4.69) is 15.6 Å². The number of nitrogens with zero attached hydrogens (tertiary/aromatic N) is 2. The van der Waals surface area contributed by atoms with Gasteiger partial charge in [-0.05, 0) is 31.5 Å². The van der Waals surface area contributed by atoms with Crippen molar-refractivity contribution in [2.24, 2.45) is 4.99 Å². The number of carbonyl (C=O) groups is 1. The number of amides is 1. The molecule has 0 aliphatic heterocycles. The fraction of sp³-hybridized carbons (Fsp3) is 0.364. The van der Waals surface area contributed by atoms with Crippen LogP contribution in [0.1, 0.15) is 25.5 Å². The summed E-state index contributed by atoms with van der Waals surface area (Å²) in [5.41, 5.74) is 1.89. The maximum Gasteiger partial charge on any atom is 0.243 e. The predicted molar refractivity (Wildman–Crippen MR) is 117 cm³/mol. The molecule has 7 heteroatoms. The second-order valence-electron chi connectivity index (χ2n) is 6.65. The van der Waals surface area contributed by atoms with Gasteiger partial charge in [-0.1, -0.05) is 30.3 Å². The minimum absolute atomic E-state index is 0.00139. The van der Waals surface area contributed by atoms with Crippen LogP contribution in [0.3, 0.4) is 0 Å². The van der Waals surface area contributed by atoms with Crippen LogP contribution in [0, 0.1) is 0 Å². The molecule has 0 spiro atoms. The van der Waals surface area contributed by atoms with Crippen LogP contribution in [0.15, 0.2) is 53.5 Å². The van der Waals surface area contributed by atoms with Crippen LogP contribution < -0.4 is 20.1 Å². The summed E-state index contributed by atoms with van der Waals surface area (Å²) in [4.78, 5) is 18.0. The van der Waals surface area contributed by atoms with Gasteiger partial charge in [-0.25, -0.2) is 4.99 Å². The molecule has 0 bridgehead atoms. The molecule has 7 nitrogen and oxygen atoms in total. The molecule has 2 aromatic rings. The second kappa shape index (κ2) is 10.9. The Bertz CT molecular complexity index is 822. The van der Waals surface area contributed by atoms with Gasteiger partial charge in [0, 0.05) is 25.8 Å². The number of likely N-dealkylation sites (N-methyl/N-ethyl adjacent to an activating group) is 1. The highest BCUT2D eigenvalue weighted by molar-refractivity contribution is 5.95. The average molecular weight is 399 g/mol. The number of aliphatic imine (C=N–C) groups is 1. The molecular weight excluding hydrogens is 368 g/mol. The van der Waals surface area contributed by atoms with Gasteiger partial charge in [0.05, 0.1) is 19.8 Å². The molecule has 1 amide bonds. The molecule has 0 radical (unpaired) electrons. The third-order valence-electron chi connectivity index (χ3n) is 4.25. The van der Waals surface area contributed by atoms with E-state index in [-0.39, 0.29) is 18.5 Å². The lowest BCUT2D eigenvalue weighted by atomic mass is 10.1. The number of rotatable bonds is 8. The Balaban J connectivity index is 2.22. The Morgan fingerprint density at radius 1 is 1.14 bits per heavy atom. The smallest absolute Gasteiger partial charge is 0.243 e. The molecule has 0 fully saturated rings. The first kappa shape index (κ1) is 22.1. The first-order valence-electron chi connectivity index (χ1n) is 9.58. The van der Waals surface area contributed by atoms with E-state index in [0.717, 1.165) is 11.3 Å². The van der Waals surface area contributed by atoms with Gasteiger partial charge in [0.25, 0.3) is 0 Å². The minimum Gasteiger partial charge on any atom is -0.493 e. The van der Waals surface area contributed by atoms with E-state index in [1.165, 1.54) is 4.90 Å². The summed E-state index contributed by atoms with van der Waals surface area (Å²) in [6, 6.07) is 15.6. The second-order valence-corrected chi connectivity index (χ2v) is 6.65. The largest absolute Gasteiger partial charge is 0.493 e. The highest BCUT2D eigenvalue weighted by Crippen LogP contribution is 2.30. The van der Waals surface area contributed by atoms with Crippen LogP contribution in [0.5, 0.6) is 11.5 Å². The Labute approximate surface area is 172 Å². The molecule has 2 aromatic carbocycles. The molecule has 1 atom stereocenters. The summed E-state index contributed by atoms with van der Waals surface area (Å²) in [5, 5.41) is 6.60. The third-order valence-corrected chi connectivity index (χ3v) is 4.25. The molecular formula is C22H30N4O3. The van der Waals surface area contributed by atoms with Crippen LogP contribution in [-0.2, 0) is 4.79 Å². The zero-order valence-corrected chi connectivity index (χ0v) is 17.7. The minimum atomic E-state index is -0.0808. The highest BCUT2D eigenvalue weighted by Gasteiger charge is 2.12. The van der Waals surface area contributed by atoms with Crippen LogP contribution in [0.25, 0.3) is 0 Å². The third kappa shape index (κ3) is 6.71. The quantitative estimate of drug-likeness (QED) is 0.527. The van der Waals surface area contributed by atoms with E-state index in [1.54, 1.807) is 21.2 Å². The van der Waals surface area contributed by atoms with Crippen LogP contribution in [-0.4, -0.2) is 51.1 Å². The highest BCUT2D eigenvalue weighted by atomic mass is 16.5. The van der Waals surface area contributed by atoms with Crippen molar-refractivity contribution < 1.29 is 14.3 Å². The molecule has 2 N–H and O–H groups in total. The molecule has 2 rings (SSSR count). The SMILES string of the molecule is CCOc1ccc(NC(=NCC(=O)N(C)C)NC(C)c2ccccc2)cc1OC. The van der Waals surface area contributed by atoms with Crippen molar-refractivity contribution in [1.29, 1.82) is 0 Å². The van der Waals surface area contributed by atoms with E-state index in [0.29, 0.717) is 24.1 Å². The van der Waals surface area contributed by atoms with E-state index < -0.39 is 0 Å². The Kier molecular flexibility index (Phi) is 8.33. The monoisotopic (exact) mass is 398 g/mol. The van der Waals surface area contributed by atoms with Crippen LogP contribution in [0.2, 0.25) is 0 Å². The number of anilines is 1. The van der Waals surface area contributed by atoms with Gasteiger partial charge in [0.15, 0.2) is 17.5 Å². The van der Waals surface area contributed by atoms with Gasteiger partial charge >= 0.3 is 0 Å². The van der Waals surface area contributed by atoms with Crippen molar-refractivity contribution in [3.05, 3.63) is 54.1 Å². The van der Waals surface area contributed by atoms with Gasteiger partial charge in [0.1, 0.15) is 6.54 Å². The molecule has 0 heterocycles. The molecule has 29 heavy (non-hydrogen) atoms. The number of hydrogen-bond acceptors (Lipinski definition) is 4. The number of benzene rings is 2. The number of ether oxygens (including phenoxy) is 2. The van der Waals surface area contributed by atoms with Crippen molar-refractivity contribution >= 4 is 17.6 Å². The van der Waals surface area contributed by atoms with Gasteiger partial charge in [-0.15, -0.1) is 0 Å². The fourth-order valence-electron chi connectivity index (χ4n) is 2.60. The summed E-state index contributed by atoms with van der Waals surface area (Å²) in [7, 11) is 5.02. The Morgan fingerprint density at radius 2 is 1.86 bits per heavy atom. The van der Waals surface area contributed by atoms with Gasteiger partial charge in [-0.2, -0.15) is 0 Å². The molecule has 0 saturated heterocycles. The van der Waals surface area contributed by atoms with Crippen molar-refractivity contribution in [3.8, 4) is 11.5 Å². The Morgan fingerprint density at radius 3 is 2.48 bits per heavy atom. The maximum absolute atomic E-state index is 12.0. The normalized spacial score (nSPS) is 12.1. The van der Waals surface area contributed by atoms with E-state index in [1.807, 2.05) is 62.4 Å². The van der Waals surface area contributed by atoms with E-state index in [4.69, 9.17) is 9.47 Å². The van der Waals surface area contributed by atoms with E-state index in [9.17, 15) is 4.79 Å². The van der Waals surface area contributed by atoms with Gasteiger partial charge in [0.2, 0.25) is 5.91 Å². The van der Waals surface area contributed by atoms with Gasteiger partial charge in [-0.3, -0.25) is 4.79 Å². The fourth-order valence-corrected chi connectivity index (χ4v) is 2.60. The van der Waals surface area contributed by atoms with Crippen molar-refractivity contribution in [3.63, 3.8) is 0 Å². The molecule has 0 saturated carbocycles. The first-order chi connectivity index (χ1) is 13.9. The van der Waals surface area contributed by atoms with Gasteiger partial charge < -0.3 is 25.0 Å². The summed E-state index contributed by atoms with van der Waals surface area (Å²) in [6.07, 6.45) is 0. The lowest BCUT2D eigenvalue weighted by Gasteiger charge is -2.20. The number of guanidine groups is 1. The van der Waals surface area contributed by atoms with Crippen LogP contribution >= 0.6 is 0 Å². The lowest BCUT2D eigenvalue weighted by molar-refractivity contribution is -0.127. The lowest BCUT2D eigenvalue weighted by Crippen LogP contribution is -2.34. The van der Waals surface area contributed by atoms with E-state index >= 15 is 0 Å². The van der Waals surface area contributed by atoms with Crippen molar-refractivity contribution in [1.82, 2.24) is 10.2 Å². The molecule has 0 aromatic heterocycles. The number of nitrogens with one attached hydrogen (secondary N) is 2. The zero-order chi connectivity index (χ0) is 21.2. The summed E-state index contributed by atoms with van der Waals surface area (Å²) in [5.74, 6) is 1.72. The number of carbonyl (C=O) groups excluding carboxylic acids is 1. The summed E-state index contributed by atoms with van der Waals surface area (Å²) < 4.78 is 11.0. The maximum atomic E-state index is 12.0. The standard InChI is InChI=1S/C22H30N4O3/c1-6-29-19-13-12-18(14-20(19)28-5)25-22(23-15-21(27)26(3)4)24-16(2)17-10-8-7-9-11-17/h7-14,16H,6,15H2,1-5H3,(H2,23,24,25). The molecule has 1 unspecified atom stereocenters. The number of methoxy groups -OCH3 is 1. The predicted octanol–water partition coefficient (Wildman–Crippen LogP) is 3.30. The van der Waals surface area contributed by atoms with Crippen molar-refractivity contribution in [2.45, 2.75) is 19.9 Å². The average Bonchev–Trinajstić information content (AvgIpc) is 2.73. The van der Waals surface area contributed by atoms with Crippen LogP contribution in [0.4, 0.5) is 5.69 Å². The first-order valence-corrected chi connectivity index (χ1v) is 9.58. The number of hydrogen-bond donors (Lipinski definition) is 2. The molecule has 156 valence electrons. The van der Waals surface area contributed by atoms with Crippen molar-refractivity contribution in [2.75, 3.05) is 39.7 Å². The summed E-state index contributed by atoms with van der Waals surface area (Å²) in [6.45, 7) is 4.56.